The SMILES string of the molecule is Cc1ccc2c(CS)cn(C)c2c1. The zero-order valence-corrected chi connectivity index (χ0v) is 8.81. The van der Waals surface area contributed by atoms with Gasteiger partial charge in [-0.1, -0.05) is 12.1 Å². The summed E-state index contributed by atoms with van der Waals surface area (Å²) < 4.78 is 2.16. The first-order chi connectivity index (χ1) is 6.22. The van der Waals surface area contributed by atoms with Gasteiger partial charge in [0.05, 0.1) is 0 Å². The lowest BCUT2D eigenvalue weighted by Crippen LogP contribution is -1.83. The summed E-state index contributed by atoms with van der Waals surface area (Å²) in [6, 6.07) is 6.54. The Kier molecular flexibility index (Phi) is 2.08. The fourth-order valence-electron chi connectivity index (χ4n) is 1.70. The van der Waals surface area contributed by atoms with Crippen molar-refractivity contribution >= 4 is 23.5 Å². The highest BCUT2D eigenvalue weighted by Gasteiger charge is 2.03. The van der Waals surface area contributed by atoms with Gasteiger partial charge in [-0.3, -0.25) is 0 Å². The minimum atomic E-state index is 0.806. The number of fused-ring (bicyclic) bond motifs is 1. The molecule has 1 nitrogen and oxygen atoms in total. The van der Waals surface area contributed by atoms with E-state index in [4.69, 9.17) is 0 Å². The fraction of sp³-hybridized carbons (Fsp3) is 0.273. The van der Waals surface area contributed by atoms with E-state index in [0.717, 1.165) is 5.75 Å². The smallest absolute Gasteiger partial charge is 0.0483 e. The van der Waals surface area contributed by atoms with Crippen LogP contribution in [0.2, 0.25) is 0 Å². The van der Waals surface area contributed by atoms with Crippen LogP contribution in [0.25, 0.3) is 10.9 Å². The van der Waals surface area contributed by atoms with Gasteiger partial charge in [-0.05, 0) is 24.1 Å². The Morgan fingerprint density at radius 2 is 2.15 bits per heavy atom. The maximum atomic E-state index is 4.31. The summed E-state index contributed by atoms with van der Waals surface area (Å²) in [6.07, 6.45) is 2.15. The first-order valence-corrected chi connectivity index (χ1v) is 5.01. The quantitative estimate of drug-likeness (QED) is 0.661. The fourth-order valence-corrected chi connectivity index (χ4v) is 1.96. The summed E-state index contributed by atoms with van der Waals surface area (Å²) in [5.74, 6) is 0.806. The number of benzene rings is 1. The van der Waals surface area contributed by atoms with Crippen molar-refractivity contribution in [1.29, 1.82) is 0 Å². The van der Waals surface area contributed by atoms with Crippen molar-refractivity contribution in [3.63, 3.8) is 0 Å². The van der Waals surface area contributed by atoms with Crippen molar-refractivity contribution in [3.05, 3.63) is 35.5 Å². The highest BCUT2D eigenvalue weighted by molar-refractivity contribution is 7.79. The highest BCUT2D eigenvalue weighted by Crippen LogP contribution is 2.22. The van der Waals surface area contributed by atoms with Crippen LogP contribution in [0.5, 0.6) is 0 Å². The zero-order chi connectivity index (χ0) is 9.42. The molecular formula is C11H13NS. The van der Waals surface area contributed by atoms with Gasteiger partial charge in [0, 0.05) is 29.9 Å². The molecule has 1 aromatic heterocycles. The van der Waals surface area contributed by atoms with Gasteiger partial charge in [0.2, 0.25) is 0 Å². The van der Waals surface area contributed by atoms with Gasteiger partial charge in [0.1, 0.15) is 0 Å². The van der Waals surface area contributed by atoms with E-state index in [0.29, 0.717) is 0 Å². The maximum Gasteiger partial charge on any atom is 0.0483 e. The molecule has 0 saturated heterocycles. The molecule has 0 radical (unpaired) electrons. The van der Waals surface area contributed by atoms with Crippen molar-refractivity contribution in [2.75, 3.05) is 0 Å². The Morgan fingerprint density at radius 3 is 2.85 bits per heavy atom. The summed E-state index contributed by atoms with van der Waals surface area (Å²) in [6.45, 7) is 2.12. The van der Waals surface area contributed by atoms with E-state index in [2.05, 4.69) is 55.6 Å². The summed E-state index contributed by atoms with van der Waals surface area (Å²) in [4.78, 5) is 0. The average molecular weight is 191 g/mol. The summed E-state index contributed by atoms with van der Waals surface area (Å²) >= 11 is 4.31. The van der Waals surface area contributed by atoms with E-state index >= 15 is 0 Å². The molecule has 1 aromatic carbocycles. The van der Waals surface area contributed by atoms with Crippen LogP contribution in [-0.4, -0.2) is 4.57 Å². The lowest BCUT2D eigenvalue weighted by atomic mass is 10.1. The molecular weight excluding hydrogens is 178 g/mol. The van der Waals surface area contributed by atoms with Gasteiger partial charge in [0.15, 0.2) is 0 Å². The van der Waals surface area contributed by atoms with Crippen LogP contribution in [0.15, 0.2) is 24.4 Å². The molecule has 2 aromatic rings. The summed E-state index contributed by atoms with van der Waals surface area (Å²) in [7, 11) is 2.08. The molecule has 1 heterocycles. The van der Waals surface area contributed by atoms with E-state index < -0.39 is 0 Å². The Hall–Kier alpha value is -0.890. The molecule has 0 N–H and O–H groups in total. The van der Waals surface area contributed by atoms with Crippen LogP contribution >= 0.6 is 12.6 Å². The topological polar surface area (TPSA) is 4.93 Å². The zero-order valence-electron chi connectivity index (χ0n) is 7.91. The second kappa shape index (κ2) is 3.11. The molecule has 0 saturated carbocycles. The van der Waals surface area contributed by atoms with Crippen LogP contribution in [0.4, 0.5) is 0 Å². The molecule has 0 spiro atoms. The molecule has 68 valence electrons. The van der Waals surface area contributed by atoms with E-state index in [9.17, 15) is 0 Å². The number of aromatic nitrogens is 1. The third kappa shape index (κ3) is 1.35. The molecule has 0 aliphatic rings. The molecule has 0 amide bonds. The van der Waals surface area contributed by atoms with Crippen molar-refractivity contribution in [3.8, 4) is 0 Å². The maximum absolute atomic E-state index is 4.31. The molecule has 0 unspecified atom stereocenters. The number of rotatable bonds is 1. The van der Waals surface area contributed by atoms with Crippen LogP contribution in [0.1, 0.15) is 11.1 Å². The first-order valence-electron chi connectivity index (χ1n) is 4.38. The normalized spacial score (nSPS) is 11.0. The average Bonchev–Trinajstić information content (AvgIpc) is 2.43. The number of thiol groups is 1. The van der Waals surface area contributed by atoms with Crippen LogP contribution < -0.4 is 0 Å². The number of hydrogen-bond acceptors (Lipinski definition) is 1. The van der Waals surface area contributed by atoms with E-state index in [1.54, 1.807) is 0 Å². The monoisotopic (exact) mass is 191 g/mol. The Balaban J connectivity index is 2.80. The summed E-state index contributed by atoms with van der Waals surface area (Å²) in [5.41, 5.74) is 3.91. The lowest BCUT2D eigenvalue weighted by molar-refractivity contribution is 0.962. The Bertz CT molecular complexity index is 443. The highest BCUT2D eigenvalue weighted by atomic mass is 32.1. The number of nitrogens with zero attached hydrogens (tertiary/aromatic N) is 1. The van der Waals surface area contributed by atoms with Crippen molar-refractivity contribution in [2.45, 2.75) is 12.7 Å². The van der Waals surface area contributed by atoms with Gasteiger partial charge in [-0.25, -0.2) is 0 Å². The Labute approximate surface area is 83.8 Å². The molecule has 0 atom stereocenters. The standard InChI is InChI=1S/C11H13NS/c1-8-3-4-10-9(7-13)6-12(2)11(10)5-8/h3-6,13H,7H2,1-2H3. The number of aryl methyl sites for hydroxylation is 2. The van der Waals surface area contributed by atoms with Gasteiger partial charge in [-0.15, -0.1) is 0 Å². The van der Waals surface area contributed by atoms with Crippen molar-refractivity contribution < 1.29 is 0 Å². The second-order valence-electron chi connectivity index (χ2n) is 3.44. The molecule has 0 aliphatic carbocycles. The van der Waals surface area contributed by atoms with Gasteiger partial charge < -0.3 is 4.57 Å². The predicted octanol–water partition coefficient (Wildman–Crippen LogP) is 2.92. The largest absolute Gasteiger partial charge is 0.350 e. The Morgan fingerprint density at radius 1 is 1.38 bits per heavy atom. The number of hydrogen-bond donors (Lipinski definition) is 1. The second-order valence-corrected chi connectivity index (χ2v) is 3.76. The first kappa shape index (κ1) is 8.70. The predicted molar refractivity (Wildman–Crippen MR) is 60.3 cm³/mol. The van der Waals surface area contributed by atoms with Gasteiger partial charge in [0.25, 0.3) is 0 Å². The minimum Gasteiger partial charge on any atom is -0.350 e. The third-order valence-corrected chi connectivity index (χ3v) is 2.74. The molecule has 0 aliphatic heterocycles. The lowest BCUT2D eigenvalue weighted by Gasteiger charge is -1.97. The molecule has 0 fully saturated rings. The van der Waals surface area contributed by atoms with Crippen LogP contribution in [0, 0.1) is 6.92 Å². The molecule has 2 rings (SSSR count). The molecule has 13 heavy (non-hydrogen) atoms. The minimum absolute atomic E-state index is 0.806. The van der Waals surface area contributed by atoms with Crippen LogP contribution in [-0.2, 0) is 12.8 Å². The van der Waals surface area contributed by atoms with Crippen molar-refractivity contribution in [2.24, 2.45) is 7.05 Å². The van der Waals surface area contributed by atoms with Crippen molar-refractivity contribution in [1.82, 2.24) is 4.57 Å². The third-order valence-electron chi connectivity index (χ3n) is 2.40. The molecule has 0 bridgehead atoms. The van der Waals surface area contributed by atoms with E-state index in [-0.39, 0.29) is 0 Å². The van der Waals surface area contributed by atoms with Crippen LogP contribution in [0.3, 0.4) is 0 Å². The van der Waals surface area contributed by atoms with Gasteiger partial charge in [-0.2, -0.15) is 12.6 Å². The summed E-state index contributed by atoms with van der Waals surface area (Å²) in [5, 5.41) is 1.32. The molecule has 2 heteroatoms. The van der Waals surface area contributed by atoms with E-state index in [1.807, 2.05) is 0 Å². The van der Waals surface area contributed by atoms with Gasteiger partial charge >= 0.3 is 0 Å². The van der Waals surface area contributed by atoms with E-state index in [1.165, 1.54) is 22.0 Å².